The summed E-state index contributed by atoms with van der Waals surface area (Å²) in [5.41, 5.74) is 1.74. The average Bonchev–Trinajstić information content (AvgIpc) is 2.99. The lowest BCUT2D eigenvalue weighted by atomic mass is 10.1. The van der Waals surface area contributed by atoms with Gasteiger partial charge < -0.3 is 24.5 Å². The molecule has 0 bridgehead atoms. The number of pyridine rings is 1. The molecule has 1 aliphatic heterocycles. The molecular formula is C25H27F3N4O4S. The Morgan fingerprint density at radius 2 is 2.11 bits per heavy atom. The van der Waals surface area contributed by atoms with Gasteiger partial charge in [0, 0.05) is 43.3 Å². The van der Waals surface area contributed by atoms with E-state index < -0.39 is 22.4 Å². The second-order valence-corrected chi connectivity index (χ2v) is 10.6. The molecule has 8 nitrogen and oxygen atoms in total. The minimum Gasteiger partial charge on any atom is -0.495 e. The number of alkyl halides is 3. The number of nitrogens with zero attached hydrogens (tertiary/aromatic N) is 2. The largest absolute Gasteiger partial charge is 0.495 e. The summed E-state index contributed by atoms with van der Waals surface area (Å²) in [6, 6.07) is 7.84. The van der Waals surface area contributed by atoms with Crippen molar-refractivity contribution in [3.8, 4) is 17.6 Å². The van der Waals surface area contributed by atoms with E-state index in [-0.39, 0.29) is 28.9 Å². The first-order valence-corrected chi connectivity index (χ1v) is 13.4. The molecule has 12 heteroatoms. The van der Waals surface area contributed by atoms with Crippen molar-refractivity contribution >= 4 is 21.2 Å². The SMILES string of the molecule is COc1cc(S(C)(=O)=O)ccc1NCC#Cc1nc2c([C@@H]3CCOCCN3)cccn2c1CC(F)(F)F. The van der Waals surface area contributed by atoms with Crippen molar-refractivity contribution in [1.29, 1.82) is 0 Å². The highest BCUT2D eigenvalue weighted by molar-refractivity contribution is 7.90. The number of anilines is 1. The second-order valence-electron chi connectivity index (χ2n) is 8.55. The van der Waals surface area contributed by atoms with Crippen LogP contribution in [-0.2, 0) is 21.0 Å². The standard InChI is InChI=1S/C25H27F3N4O4S/c1-35-23-15-17(37(2,33)34)7-8-21(23)29-10-3-6-20-22(16-25(26,27)28)32-12-4-5-18(24(32)31-20)19-9-13-36-14-11-30-19/h4-5,7-8,12,15,19,29-30H,9-11,13-14,16H2,1-2H3/t19-/m0/s1. The number of sulfone groups is 1. The van der Waals surface area contributed by atoms with E-state index in [0.717, 1.165) is 11.8 Å². The molecule has 2 N–H and O–H groups in total. The molecule has 1 atom stereocenters. The molecule has 198 valence electrons. The summed E-state index contributed by atoms with van der Waals surface area (Å²) >= 11 is 0. The molecule has 1 aliphatic rings. The van der Waals surface area contributed by atoms with Gasteiger partial charge in [0.1, 0.15) is 17.1 Å². The van der Waals surface area contributed by atoms with E-state index in [9.17, 15) is 21.6 Å². The smallest absolute Gasteiger partial charge is 0.394 e. The Morgan fingerprint density at radius 3 is 2.84 bits per heavy atom. The molecule has 3 aromatic rings. The molecular weight excluding hydrogens is 509 g/mol. The normalized spacial score (nSPS) is 16.6. The number of fused-ring (bicyclic) bond motifs is 1. The molecule has 1 fully saturated rings. The summed E-state index contributed by atoms with van der Waals surface area (Å²) in [5, 5.41) is 6.38. The van der Waals surface area contributed by atoms with E-state index >= 15 is 0 Å². The van der Waals surface area contributed by atoms with Gasteiger partial charge in [-0.2, -0.15) is 13.2 Å². The molecule has 4 rings (SSSR count). The number of halogens is 3. The fraction of sp³-hybridized carbons (Fsp3) is 0.400. The molecule has 0 saturated carbocycles. The van der Waals surface area contributed by atoms with Crippen LogP contribution < -0.4 is 15.4 Å². The lowest BCUT2D eigenvalue weighted by Gasteiger charge is -2.16. The van der Waals surface area contributed by atoms with E-state index in [1.54, 1.807) is 18.3 Å². The van der Waals surface area contributed by atoms with Crippen LogP contribution in [0, 0.1) is 11.8 Å². The van der Waals surface area contributed by atoms with E-state index in [2.05, 4.69) is 27.5 Å². The number of aromatic nitrogens is 2. The Hall–Kier alpha value is -3.27. The second kappa shape index (κ2) is 11.0. The van der Waals surface area contributed by atoms with Gasteiger partial charge in [-0.05, 0) is 30.5 Å². The summed E-state index contributed by atoms with van der Waals surface area (Å²) in [6.07, 6.45) is -2.27. The highest BCUT2D eigenvalue weighted by Gasteiger charge is 2.32. The zero-order valence-electron chi connectivity index (χ0n) is 20.4. The van der Waals surface area contributed by atoms with Crippen LogP contribution in [0.2, 0.25) is 0 Å². The highest BCUT2D eigenvalue weighted by atomic mass is 32.2. The van der Waals surface area contributed by atoms with Crippen LogP contribution in [-0.4, -0.2) is 63.6 Å². The van der Waals surface area contributed by atoms with Crippen LogP contribution in [0.5, 0.6) is 5.75 Å². The fourth-order valence-corrected chi connectivity index (χ4v) is 4.80. The van der Waals surface area contributed by atoms with Crippen molar-refractivity contribution < 1.29 is 31.1 Å². The van der Waals surface area contributed by atoms with Gasteiger partial charge in [-0.15, -0.1) is 0 Å². The summed E-state index contributed by atoms with van der Waals surface area (Å²) in [4.78, 5) is 4.61. The number of hydrogen-bond acceptors (Lipinski definition) is 7. The van der Waals surface area contributed by atoms with Gasteiger partial charge >= 0.3 is 6.18 Å². The summed E-state index contributed by atoms with van der Waals surface area (Å²) < 4.78 is 76.1. The minimum absolute atomic E-state index is 0.0307. The maximum atomic E-state index is 13.5. The maximum absolute atomic E-state index is 13.5. The molecule has 0 amide bonds. The monoisotopic (exact) mass is 536 g/mol. The van der Waals surface area contributed by atoms with E-state index in [0.29, 0.717) is 43.3 Å². The quantitative estimate of drug-likeness (QED) is 0.467. The Balaban J connectivity index is 1.63. The Morgan fingerprint density at radius 1 is 1.30 bits per heavy atom. The number of ether oxygens (including phenoxy) is 2. The highest BCUT2D eigenvalue weighted by Crippen LogP contribution is 2.29. The van der Waals surface area contributed by atoms with Crippen LogP contribution >= 0.6 is 0 Å². The van der Waals surface area contributed by atoms with Crippen molar-refractivity contribution in [3.05, 3.63) is 53.5 Å². The van der Waals surface area contributed by atoms with Crippen molar-refractivity contribution in [2.24, 2.45) is 0 Å². The molecule has 2 aromatic heterocycles. The molecule has 0 aliphatic carbocycles. The van der Waals surface area contributed by atoms with Crippen molar-refractivity contribution in [2.45, 2.75) is 30.0 Å². The predicted molar refractivity (Wildman–Crippen MR) is 133 cm³/mol. The fourth-order valence-electron chi connectivity index (χ4n) is 4.16. The third-order valence-electron chi connectivity index (χ3n) is 5.89. The van der Waals surface area contributed by atoms with Gasteiger partial charge in [0.2, 0.25) is 0 Å². The minimum atomic E-state index is -4.44. The Labute approximate surface area is 213 Å². The van der Waals surface area contributed by atoms with Crippen molar-refractivity contribution in [3.63, 3.8) is 0 Å². The van der Waals surface area contributed by atoms with Gasteiger partial charge in [0.25, 0.3) is 0 Å². The lowest BCUT2D eigenvalue weighted by Crippen LogP contribution is -2.22. The molecule has 37 heavy (non-hydrogen) atoms. The number of rotatable bonds is 6. The molecule has 1 saturated heterocycles. The third-order valence-corrected chi connectivity index (χ3v) is 7.00. The van der Waals surface area contributed by atoms with Gasteiger partial charge in [-0.1, -0.05) is 12.0 Å². The predicted octanol–water partition coefficient (Wildman–Crippen LogP) is 3.37. The molecule has 0 spiro atoms. The lowest BCUT2D eigenvalue weighted by molar-refractivity contribution is -0.128. The van der Waals surface area contributed by atoms with Gasteiger partial charge in [0.05, 0.1) is 43.0 Å². The topological polar surface area (TPSA) is 94.0 Å². The number of methoxy groups -OCH3 is 1. The van der Waals surface area contributed by atoms with Crippen LogP contribution in [0.3, 0.4) is 0 Å². The first-order chi connectivity index (χ1) is 17.6. The first kappa shape index (κ1) is 26.8. The number of nitrogens with one attached hydrogen (secondary N) is 2. The molecule has 3 heterocycles. The number of imidazole rings is 1. The third kappa shape index (κ3) is 6.54. The van der Waals surface area contributed by atoms with Gasteiger partial charge in [-0.25, -0.2) is 13.4 Å². The van der Waals surface area contributed by atoms with Crippen LogP contribution in [0.4, 0.5) is 18.9 Å². The zero-order valence-corrected chi connectivity index (χ0v) is 21.2. The number of hydrogen-bond donors (Lipinski definition) is 2. The molecule has 1 aromatic carbocycles. The summed E-state index contributed by atoms with van der Waals surface area (Å²) in [6.45, 7) is 1.82. The van der Waals surface area contributed by atoms with E-state index in [1.165, 1.54) is 23.6 Å². The molecule has 0 unspecified atom stereocenters. The Bertz CT molecular complexity index is 1430. The van der Waals surface area contributed by atoms with Crippen molar-refractivity contribution in [1.82, 2.24) is 14.7 Å². The van der Waals surface area contributed by atoms with Crippen molar-refractivity contribution in [2.75, 3.05) is 45.0 Å². The average molecular weight is 537 g/mol. The van der Waals surface area contributed by atoms with Crippen LogP contribution in [0.15, 0.2) is 41.4 Å². The van der Waals surface area contributed by atoms with Gasteiger partial charge in [-0.3, -0.25) is 0 Å². The van der Waals surface area contributed by atoms with Crippen LogP contribution in [0.25, 0.3) is 5.65 Å². The first-order valence-electron chi connectivity index (χ1n) is 11.6. The summed E-state index contributed by atoms with van der Waals surface area (Å²) in [5.74, 6) is 5.92. The maximum Gasteiger partial charge on any atom is 0.394 e. The molecule has 0 radical (unpaired) electrons. The van der Waals surface area contributed by atoms with E-state index in [1.807, 2.05) is 6.07 Å². The Kier molecular flexibility index (Phi) is 7.96. The zero-order chi connectivity index (χ0) is 26.6. The summed E-state index contributed by atoms with van der Waals surface area (Å²) in [7, 11) is -2.00. The van der Waals surface area contributed by atoms with Gasteiger partial charge in [0.15, 0.2) is 9.84 Å². The van der Waals surface area contributed by atoms with E-state index in [4.69, 9.17) is 9.47 Å². The number of benzene rings is 1. The van der Waals surface area contributed by atoms with Crippen LogP contribution in [0.1, 0.15) is 29.4 Å².